The summed E-state index contributed by atoms with van der Waals surface area (Å²) in [7, 11) is -1.17. The SMILES string of the molecule is CNC(=O)[C@H](Cc1ccccc1)N(Cc1cccc(OC)c1)C(=O)CN(c1cccc(Cl)c1C)S(=O)(=O)c1ccc(C)cc1. The Kier molecular flexibility index (Phi) is 10.7. The van der Waals surface area contributed by atoms with Crippen molar-refractivity contribution in [3.8, 4) is 5.75 Å². The van der Waals surface area contributed by atoms with E-state index >= 15 is 0 Å². The van der Waals surface area contributed by atoms with Gasteiger partial charge >= 0.3 is 0 Å². The standard InChI is InChI=1S/C34H36ClN3O5S/c1-24-16-18-29(19-17-24)44(41,42)38(31-15-9-14-30(35)25(31)2)23-33(39)37(22-27-12-8-13-28(20-27)43-4)32(34(40)36-3)21-26-10-6-5-7-11-26/h5-20,32H,21-23H2,1-4H3,(H,36,40)/t32-/m0/s1. The molecule has 1 N–H and O–H groups in total. The molecule has 4 aromatic carbocycles. The molecule has 0 saturated heterocycles. The summed E-state index contributed by atoms with van der Waals surface area (Å²) in [6.45, 7) is 3.04. The van der Waals surface area contributed by atoms with Gasteiger partial charge in [-0.15, -0.1) is 0 Å². The van der Waals surface area contributed by atoms with Crippen LogP contribution in [0.5, 0.6) is 5.75 Å². The average Bonchev–Trinajstić information content (AvgIpc) is 3.03. The van der Waals surface area contributed by atoms with Crippen molar-refractivity contribution in [1.82, 2.24) is 10.2 Å². The molecule has 0 heterocycles. The summed E-state index contributed by atoms with van der Waals surface area (Å²) in [4.78, 5) is 29.3. The van der Waals surface area contributed by atoms with E-state index in [9.17, 15) is 18.0 Å². The number of rotatable bonds is 12. The van der Waals surface area contributed by atoms with Crippen molar-refractivity contribution >= 4 is 39.1 Å². The van der Waals surface area contributed by atoms with Crippen LogP contribution in [0.15, 0.2) is 102 Å². The minimum Gasteiger partial charge on any atom is -0.497 e. The highest BCUT2D eigenvalue weighted by Crippen LogP contribution is 2.31. The molecule has 1 atom stereocenters. The number of sulfonamides is 1. The van der Waals surface area contributed by atoms with Crippen LogP contribution >= 0.6 is 11.6 Å². The van der Waals surface area contributed by atoms with Gasteiger partial charge in [0.25, 0.3) is 10.0 Å². The number of anilines is 1. The fourth-order valence-corrected chi connectivity index (χ4v) is 6.55. The highest BCUT2D eigenvalue weighted by Gasteiger charge is 2.35. The zero-order valence-electron chi connectivity index (χ0n) is 25.2. The van der Waals surface area contributed by atoms with Crippen LogP contribution in [0.25, 0.3) is 0 Å². The van der Waals surface area contributed by atoms with Crippen LogP contribution in [0.2, 0.25) is 5.02 Å². The predicted octanol–water partition coefficient (Wildman–Crippen LogP) is 5.55. The van der Waals surface area contributed by atoms with Gasteiger partial charge in [-0.25, -0.2) is 8.42 Å². The molecule has 2 amide bonds. The maximum Gasteiger partial charge on any atom is 0.264 e. The highest BCUT2D eigenvalue weighted by atomic mass is 35.5. The van der Waals surface area contributed by atoms with E-state index in [-0.39, 0.29) is 29.5 Å². The molecular weight excluding hydrogens is 598 g/mol. The van der Waals surface area contributed by atoms with Crippen molar-refractivity contribution < 1.29 is 22.7 Å². The molecule has 4 rings (SSSR count). The van der Waals surface area contributed by atoms with E-state index in [2.05, 4.69) is 5.32 Å². The first kappa shape index (κ1) is 32.6. The molecule has 0 aliphatic carbocycles. The van der Waals surface area contributed by atoms with E-state index in [0.717, 1.165) is 15.4 Å². The monoisotopic (exact) mass is 633 g/mol. The quantitative estimate of drug-likeness (QED) is 0.221. The second-order valence-electron chi connectivity index (χ2n) is 10.4. The molecule has 0 aliphatic rings. The summed E-state index contributed by atoms with van der Waals surface area (Å²) in [6.07, 6.45) is 0.219. The summed E-state index contributed by atoms with van der Waals surface area (Å²) in [5.74, 6) is -0.350. The molecular formula is C34H36ClN3O5S. The van der Waals surface area contributed by atoms with E-state index in [1.807, 2.05) is 43.3 Å². The van der Waals surface area contributed by atoms with E-state index < -0.39 is 28.5 Å². The molecule has 0 unspecified atom stereocenters. The third kappa shape index (κ3) is 7.59. The van der Waals surface area contributed by atoms with Crippen LogP contribution in [0.3, 0.4) is 0 Å². The third-order valence-electron chi connectivity index (χ3n) is 7.40. The fourth-order valence-electron chi connectivity index (χ4n) is 4.91. The Hall–Kier alpha value is -4.34. The van der Waals surface area contributed by atoms with E-state index in [0.29, 0.717) is 21.9 Å². The van der Waals surface area contributed by atoms with Gasteiger partial charge in [0, 0.05) is 25.0 Å². The second-order valence-corrected chi connectivity index (χ2v) is 12.7. The number of halogens is 1. The largest absolute Gasteiger partial charge is 0.497 e. The summed E-state index contributed by atoms with van der Waals surface area (Å²) >= 11 is 6.43. The van der Waals surface area contributed by atoms with E-state index in [1.165, 1.54) is 24.1 Å². The van der Waals surface area contributed by atoms with Gasteiger partial charge in [0.1, 0.15) is 18.3 Å². The summed E-state index contributed by atoms with van der Waals surface area (Å²) < 4.78 is 34.8. The first-order valence-corrected chi connectivity index (χ1v) is 15.9. The van der Waals surface area contributed by atoms with Crippen molar-refractivity contribution in [3.63, 3.8) is 0 Å². The number of likely N-dealkylation sites (N-methyl/N-ethyl adjacent to an activating group) is 1. The van der Waals surface area contributed by atoms with Gasteiger partial charge in [-0.2, -0.15) is 0 Å². The Morgan fingerprint density at radius 3 is 2.20 bits per heavy atom. The summed E-state index contributed by atoms with van der Waals surface area (Å²) in [5.41, 5.74) is 3.23. The van der Waals surface area contributed by atoms with Crippen LogP contribution in [0.4, 0.5) is 5.69 Å². The number of ether oxygens (including phenoxy) is 1. The molecule has 4 aromatic rings. The number of amides is 2. The van der Waals surface area contributed by atoms with Gasteiger partial charge in [0.2, 0.25) is 11.8 Å². The zero-order valence-corrected chi connectivity index (χ0v) is 26.7. The maximum atomic E-state index is 14.4. The van der Waals surface area contributed by atoms with Crippen molar-refractivity contribution in [2.75, 3.05) is 25.0 Å². The van der Waals surface area contributed by atoms with Crippen LogP contribution in [-0.4, -0.2) is 51.9 Å². The number of nitrogens with one attached hydrogen (secondary N) is 1. The fraction of sp³-hybridized carbons (Fsp3) is 0.235. The van der Waals surface area contributed by atoms with Crippen LogP contribution < -0.4 is 14.4 Å². The van der Waals surface area contributed by atoms with Crippen molar-refractivity contribution in [2.45, 2.75) is 37.8 Å². The minimum absolute atomic E-state index is 0.0294. The van der Waals surface area contributed by atoms with Crippen LogP contribution in [0.1, 0.15) is 22.3 Å². The van der Waals surface area contributed by atoms with Gasteiger partial charge in [-0.1, -0.05) is 77.8 Å². The van der Waals surface area contributed by atoms with Gasteiger partial charge in [-0.05, 0) is 66.9 Å². The Labute approximate surface area is 264 Å². The second kappa shape index (κ2) is 14.4. The molecule has 10 heteroatoms. The molecule has 8 nitrogen and oxygen atoms in total. The first-order valence-electron chi connectivity index (χ1n) is 14.1. The van der Waals surface area contributed by atoms with Crippen LogP contribution in [-0.2, 0) is 32.6 Å². The van der Waals surface area contributed by atoms with Crippen molar-refractivity contribution in [2.24, 2.45) is 0 Å². The first-order chi connectivity index (χ1) is 21.0. The third-order valence-corrected chi connectivity index (χ3v) is 9.58. The number of carbonyl (C=O) groups excluding carboxylic acids is 2. The predicted molar refractivity (Wildman–Crippen MR) is 173 cm³/mol. The highest BCUT2D eigenvalue weighted by molar-refractivity contribution is 7.92. The lowest BCUT2D eigenvalue weighted by molar-refractivity contribution is -0.139. The normalized spacial score (nSPS) is 11.8. The number of carbonyl (C=O) groups is 2. The molecule has 0 fully saturated rings. The molecule has 0 spiro atoms. The lowest BCUT2D eigenvalue weighted by Gasteiger charge is -2.34. The van der Waals surface area contributed by atoms with Crippen molar-refractivity contribution in [3.05, 3.63) is 124 Å². The van der Waals surface area contributed by atoms with Gasteiger partial charge in [-0.3, -0.25) is 13.9 Å². The number of hydrogen-bond acceptors (Lipinski definition) is 5. The Morgan fingerprint density at radius 1 is 0.886 bits per heavy atom. The lowest BCUT2D eigenvalue weighted by Crippen LogP contribution is -2.53. The molecule has 0 radical (unpaired) electrons. The summed E-state index contributed by atoms with van der Waals surface area (Å²) in [6, 6.07) is 27.0. The zero-order chi connectivity index (χ0) is 31.9. The topological polar surface area (TPSA) is 96.0 Å². The number of aryl methyl sites for hydroxylation is 1. The van der Waals surface area contributed by atoms with Gasteiger partial charge in [0.15, 0.2) is 0 Å². The summed E-state index contributed by atoms with van der Waals surface area (Å²) in [5, 5.41) is 3.05. The molecule has 230 valence electrons. The van der Waals surface area contributed by atoms with Crippen LogP contribution in [0, 0.1) is 13.8 Å². The number of hydrogen-bond donors (Lipinski definition) is 1. The number of benzene rings is 4. The molecule has 0 bridgehead atoms. The maximum absolute atomic E-state index is 14.4. The molecule has 44 heavy (non-hydrogen) atoms. The molecule has 0 saturated carbocycles. The lowest BCUT2D eigenvalue weighted by atomic mass is 10.0. The van der Waals surface area contributed by atoms with E-state index in [1.54, 1.807) is 62.6 Å². The van der Waals surface area contributed by atoms with Gasteiger partial charge < -0.3 is 15.0 Å². The average molecular weight is 634 g/mol. The van der Waals surface area contributed by atoms with Crippen molar-refractivity contribution in [1.29, 1.82) is 0 Å². The van der Waals surface area contributed by atoms with E-state index in [4.69, 9.17) is 16.3 Å². The smallest absolute Gasteiger partial charge is 0.264 e. The minimum atomic E-state index is -4.23. The Morgan fingerprint density at radius 2 is 1.55 bits per heavy atom. The van der Waals surface area contributed by atoms with Gasteiger partial charge in [0.05, 0.1) is 17.7 Å². The molecule has 0 aliphatic heterocycles. The number of methoxy groups -OCH3 is 1. The molecule has 0 aromatic heterocycles. The number of nitrogens with zero attached hydrogens (tertiary/aromatic N) is 2. The Bertz CT molecular complexity index is 1710. The Balaban J connectivity index is 1.82.